The van der Waals surface area contributed by atoms with Gasteiger partial charge in [-0.15, -0.1) is 0 Å². The topological polar surface area (TPSA) is 59.3 Å². The Kier molecular flexibility index (Phi) is 5.46. The highest BCUT2D eigenvalue weighted by Gasteiger charge is 2.05. The third-order valence-corrected chi connectivity index (χ3v) is 2.22. The van der Waals surface area contributed by atoms with Gasteiger partial charge in [-0.3, -0.25) is 4.79 Å². The van der Waals surface area contributed by atoms with Crippen LogP contribution in [0, 0.1) is 11.3 Å². The summed E-state index contributed by atoms with van der Waals surface area (Å²) in [6.07, 6.45) is 2.21. The van der Waals surface area contributed by atoms with Crippen molar-refractivity contribution in [1.82, 2.24) is 0 Å². The second kappa shape index (κ2) is 7.13. The molecule has 0 atom stereocenters. The first-order chi connectivity index (χ1) is 8.67. The van der Waals surface area contributed by atoms with Crippen LogP contribution >= 0.6 is 0 Å². The number of ether oxygens (including phenoxy) is 2. The standard InChI is InChI=1S/C14H15NO3/c1-3-7-18-14-9-12(4-5-13(14)10-15)6-8-17-11(2)16/h3-5,9H,1,6-8H2,2H3. The molecule has 0 aliphatic carbocycles. The van der Waals surface area contributed by atoms with Gasteiger partial charge in [-0.25, -0.2) is 0 Å². The molecule has 4 nitrogen and oxygen atoms in total. The Hall–Kier alpha value is -2.28. The molecule has 0 spiro atoms. The molecule has 0 heterocycles. The van der Waals surface area contributed by atoms with Crippen LogP contribution in [-0.2, 0) is 16.0 Å². The fourth-order valence-electron chi connectivity index (χ4n) is 1.40. The summed E-state index contributed by atoms with van der Waals surface area (Å²) < 4.78 is 10.3. The van der Waals surface area contributed by atoms with Crippen molar-refractivity contribution in [3.05, 3.63) is 42.0 Å². The lowest BCUT2D eigenvalue weighted by atomic mass is 10.1. The minimum atomic E-state index is -0.299. The summed E-state index contributed by atoms with van der Waals surface area (Å²) in [5.74, 6) is 0.226. The van der Waals surface area contributed by atoms with E-state index < -0.39 is 0 Å². The molecule has 0 aliphatic heterocycles. The van der Waals surface area contributed by atoms with Crippen LogP contribution in [0.5, 0.6) is 5.75 Å². The molecule has 0 radical (unpaired) electrons. The quantitative estimate of drug-likeness (QED) is 0.569. The maximum Gasteiger partial charge on any atom is 0.302 e. The number of hydrogen-bond acceptors (Lipinski definition) is 4. The van der Waals surface area contributed by atoms with Crippen molar-refractivity contribution >= 4 is 5.97 Å². The van der Waals surface area contributed by atoms with Crippen LogP contribution in [0.4, 0.5) is 0 Å². The SMILES string of the molecule is C=CCOc1cc(CCOC(C)=O)ccc1C#N. The van der Waals surface area contributed by atoms with E-state index in [9.17, 15) is 4.79 Å². The molecule has 0 saturated heterocycles. The van der Waals surface area contributed by atoms with E-state index in [4.69, 9.17) is 14.7 Å². The number of rotatable bonds is 6. The molecular weight excluding hydrogens is 230 g/mol. The highest BCUT2D eigenvalue weighted by atomic mass is 16.5. The van der Waals surface area contributed by atoms with Gasteiger partial charge in [-0.1, -0.05) is 18.7 Å². The molecular formula is C14H15NO3. The molecule has 94 valence electrons. The van der Waals surface area contributed by atoms with Crippen molar-refractivity contribution in [2.45, 2.75) is 13.3 Å². The average molecular weight is 245 g/mol. The van der Waals surface area contributed by atoms with Gasteiger partial charge in [0.1, 0.15) is 18.4 Å². The number of esters is 1. The number of nitrogens with zero attached hydrogens (tertiary/aromatic N) is 1. The molecule has 0 aromatic heterocycles. The van der Waals surface area contributed by atoms with E-state index >= 15 is 0 Å². The predicted molar refractivity (Wildman–Crippen MR) is 67.2 cm³/mol. The maximum absolute atomic E-state index is 10.6. The van der Waals surface area contributed by atoms with E-state index in [1.165, 1.54) is 6.92 Å². The maximum atomic E-state index is 10.6. The Bertz CT molecular complexity index is 474. The third-order valence-electron chi connectivity index (χ3n) is 2.22. The number of nitriles is 1. The molecule has 0 unspecified atom stereocenters. The first-order valence-electron chi connectivity index (χ1n) is 5.57. The van der Waals surface area contributed by atoms with Crippen molar-refractivity contribution in [2.75, 3.05) is 13.2 Å². The van der Waals surface area contributed by atoms with E-state index in [2.05, 4.69) is 12.6 Å². The van der Waals surface area contributed by atoms with Crippen LogP contribution in [0.3, 0.4) is 0 Å². The minimum Gasteiger partial charge on any atom is -0.488 e. The Labute approximate surface area is 106 Å². The van der Waals surface area contributed by atoms with E-state index in [1.807, 2.05) is 6.07 Å². The van der Waals surface area contributed by atoms with E-state index in [0.717, 1.165) is 5.56 Å². The van der Waals surface area contributed by atoms with E-state index in [-0.39, 0.29) is 5.97 Å². The third kappa shape index (κ3) is 4.30. The molecule has 0 N–H and O–H groups in total. The molecule has 1 aromatic carbocycles. The Morgan fingerprint density at radius 2 is 2.33 bits per heavy atom. The summed E-state index contributed by atoms with van der Waals surface area (Å²) in [6, 6.07) is 7.36. The lowest BCUT2D eigenvalue weighted by Gasteiger charge is -2.08. The van der Waals surface area contributed by atoms with E-state index in [1.54, 1.807) is 18.2 Å². The summed E-state index contributed by atoms with van der Waals surface area (Å²) in [5, 5.41) is 8.93. The summed E-state index contributed by atoms with van der Waals surface area (Å²) in [4.78, 5) is 10.6. The Morgan fingerprint density at radius 1 is 1.56 bits per heavy atom. The van der Waals surface area contributed by atoms with Crippen LogP contribution in [0.15, 0.2) is 30.9 Å². The largest absolute Gasteiger partial charge is 0.488 e. The monoisotopic (exact) mass is 245 g/mol. The normalized spacial score (nSPS) is 9.33. The summed E-state index contributed by atoms with van der Waals surface area (Å²) in [6.45, 7) is 5.60. The molecule has 0 bridgehead atoms. The first kappa shape index (κ1) is 13.8. The fourth-order valence-corrected chi connectivity index (χ4v) is 1.40. The van der Waals surface area contributed by atoms with Crippen molar-refractivity contribution < 1.29 is 14.3 Å². The Balaban J connectivity index is 2.72. The number of carbonyl (C=O) groups is 1. The molecule has 0 saturated carbocycles. The zero-order chi connectivity index (χ0) is 13.4. The van der Waals surface area contributed by atoms with Gasteiger partial charge in [0.2, 0.25) is 0 Å². The second-order valence-electron chi connectivity index (χ2n) is 3.63. The van der Waals surface area contributed by atoms with Crippen LogP contribution < -0.4 is 4.74 Å². The second-order valence-corrected chi connectivity index (χ2v) is 3.63. The molecule has 0 fully saturated rings. The highest BCUT2D eigenvalue weighted by Crippen LogP contribution is 2.20. The lowest BCUT2D eigenvalue weighted by Crippen LogP contribution is -2.04. The molecule has 18 heavy (non-hydrogen) atoms. The fraction of sp³-hybridized carbons (Fsp3) is 0.286. The van der Waals surface area contributed by atoms with Gasteiger partial charge in [0, 0.05) is 13.3 Å². The number of benzene rings is 1. The highest BCUT2D eigenvalue weighted by molar-refractivity contribution is 5.65. The molecule has 4 heteroatoms. The molecule has 0 aliphatic rings. The van der Waals surface area contributed by atoms with Crippen LogP contribution in [0.1, 0.15) is 18.1 Å². The van der Waals surface area contributed by atoms with Gasteiger partial charge >= 0.3 is 5.97 Å². The van der Waals surface area contributed by atoms with Crippen LogP contribution in [0.2, 0.25) is 0 Å². The van der Waals surface area contributed by atoms with Gasteiger partial charge in [-0.2, -0.15) is 5.26 Å². The molecule has 0 amide bonds. The minimum absolute atomic E-state index is 0.299. The van der Waals surface area contributed by atoms with Crippen molar-refractivity contribution in [3.63, 3.8) is 0 Å². The van der Waals surface area contributed by atoms with Crippen LogP contribution in [-0.4, -0.2) is 19.2 Å². The Morgan fingerprint density at radius 3 is 2.94 bits per heavy atom. The molecule has 1 aromatic rings. The van der Waals surface area contributed by atoms with Gasteiger partial charge in [0.25, 0.3) is 0 Å². The van der Waals surface area contributed by atoms with Gasteiger partial charge in [0.05, 0.1) is 12.2 Å². The average Bonchev–Trinajstić information content (AvgIpc) is 2.36. The van der Waals surface area contributed by atoms with Gasteiger partial charge in [0.15, 0.2) is 0 Å². The van der Waals surface area contributed by atoms with Crippen molar-refractivity contribution in [2.24, 2.45) is 0 Å². The zero-order valence-electron chi connectivity index (χ0n) is 10.3. The lowest BCUT2D eigenvalue weighted by molar-refractivity contribution is -0.140. The summed E-state index contributed by atoms with van der Waals surface area (Å²) in [5.41, 5.74) is 1.43. The summed E-state index contributed by atoms with van der Waals surface area (Å²) in [7, 11) is 0. The van der Waals surface area contributed by atoms with Crippen LogP contribution in [0.25, 0.3) is 0 Å². The number of hydrogen-bond donors (Lipinski definition) is 0. The van der Waals surface area contributed by atoms with Gasteiger partial charge in [-0.05, 0) is 17.7 Å². The molecule has 1 rings (SSSR count). The summed E-state index contributed by atoms with van der Waals surface area (Å²) >= 11 is 0. The van der Waals surface area contributed by atoms with E-state index in [0.29, 0.717) is 30.9 Å². The zero-order valence-corrected chi connectivity index (χ0v) is 10.3. The van der Waals surface area contributed by atoms with Crippen molar-refractivity contribution in [3.8, 4) is 11.8 Å². The predicted octanol–water partition coefficient (Wildman–Crippen LogP) is 2.23. The van der Waals surface area contributed by atoms with Crippen molar-refractivity contribution in [1.29, 1.82) is 5.26 Å². The first-order valence-corrected chi connectivity index (χ1v) is 5.57. The number of carbonyl (C=O) groups excluding carboxylic acids is 1. The smallest absolute Gasteiger partial charge is 0.302 e. The van der Waals surface area contributed by atoms with Gasteiger partial charge < -0.3 is 9.47 Å².